The van der Waals surface area contributed by atoms with Crippen molar-refractivity contribution in [2.75, 3.05) is 7.11 Å². The fraction of sp³-hybridized carbons (Fsp3) is 0.176. The van der Waals surface area contributed by atoms with Crippen molar-refractivity contribution in [1.82, 2.24) is 10.4 Å². The molecule has 1 aromatic heterocycles. The molecule has 0 saturated heterocycles. The van der Waals surface area contributed by atoms with Crippen molar-refractivity contribution in [3.05, 3.63) is 59.9 Å². The first-order valence-electron chi connectivity index (χ1n) is 7.33. The molecule has 136 valence electrons. The van der Waals surface area contributed by atoms with Crippen LogP contribution in [-0.2, 0) is 4.79 Å². The van der Waals surface area contributed by atoms with E-state index in [0.29, 0.717) is 5.75 Å². The van der Waals surface area contributed by atoms with Crippen molar-refractivity contribution >= 4 is 17.4 Å². The molecular formula is C17H14F3N3O3. The molecular weight excluding hydrogens is 351 g/mol. The maximum atomic E-state index is 12.5. The molecule has 26 heavy (non-hydrogen) atoms. The van der Waals surface area contributed by atoms with Crippen molar-refractivity contribution in [3.63, 3.8) is 0 Å². The van der Waals surface area contributed by atoms with Crippen LogP contribution >= 0.6 is 0 Å². The van der Waals surface area contributed by atoms with Crippen LogP contribution in [0, 0.1) is 0 Å². The van der Waals surface area contributed by atoms with Gasteiger partial charge in [0.15, 0.2) is 0 Å². The molecule has 9 heteroatoms. The largest absolute Gasteiger partial charge is 0.497 e. The molecule has 1 amide bonds. The minimum atomic E-state index is -5.01. The van der Waals surface area contributed by atoms with E-state index in [0.717, 1.165) is 0 Å². The van der Waals surface area contributed by atoms with Gasteiger partial charge in [-0.3, -0.25) is 14.6 Å². The van der Waals surface area contributed by atoms with Gasteiger partial charge < -0.3 is 4.74 Å². The second-order valence-corrected chi connectivity index (χ2v) is 5.04. The molecule has 0 radical (unpaired) electrons. The van der Waals surface area contributed by atoms with Crippen molar-refractivity contribution in [3.8, 4) is 5.75 Å². The van der Waals surface area contributed by atoms with Crippen LogP contribution < -0.4 is 10.2 Å². The number of hydrogen-bond donors (Lipinski definition) is 1. The summed E-state index contributed by atoms with van der Waals surface area (Å²) in [6.07, 6.45) is -4.71. The number of methoxy groups -OCH3 is 1. The van der Waals surface area contributed by atoms with Gasteiger partial charge in [0.1, 0.15) is 5.75 Å². The number of hydrogen-bond acceptors (Lipinski definition) is 5. The highest BCUT2D eigenvalue weighted by Gasteiger charge is 2.39. The Labute approximate surface area is 146 Å². The average molecular weight is 365 g/mol. The number of benzene rings is 1. The topological polar surface area (TPSA) is 80.6 Å². The first-order valence-corrected chi connectivity index (χ1v) is 7.33. The first kappa shape index (κ1) is 19.1. The Morgan fingerprint density at radius 3 is 2.58 bits per heavy atom. The van der Waals surface area contributed by atoms with Gasteiger partial charge in [-0.1, -0.05) is 12.1 Å². The minimum Gasteiger partial charge on any atom is -0.497 e. The fourth-order valence-electron chi connectivity index (χ4n) is 1.92. The lowest BCUT2D eigenvalue weighted by atomic mass is 10.1. The SMILES string of the molecule is COc1cccc(C(=O)NN=C(CC(=O)C(F)(F)F)c2ccccn2)c1. The summed E-state index contributed by atoms with van der Waals surface area (Å²) >= 11 is 0. The molecule has 1 heterocycles. The van der Waals surface area contributed by atoms with E-state index in [1.165, 1.54) is 37.6 Å². The Morgan fingerprint density at radius 1 is 1.19 bits per heavy atom. The molecule has 0 saturated carbocycles. The van der Waals surface area contributed by atoms with E-state index >= 15 is 0 Å². The van der Waals surface area contributed by atoms with Gasteiger partial charge in [-0.05, 0) is 30.3 Å². The molecule has 0 unspecified atom stereocenters. The summed E-state index contributed by atoms with van der Waals surface area (Å²) in [7, 11) is 1.43. The quantitative estimate of drug-likeness (QED) is 0.631. The van der Waals surface area contributed by atoms with Crippen LogP contribution in [0.1, 0.15) is 22.5 Å². The molecule has 0 aliphatic heterocycles. The Morgan fingerprint density at radius 2 is 1.96 bits per heavy atom. The van der Waals surface area contributed by atoms with Crippen LogP contribution in [0.5, 0.6) is 5.75 Å². The van der Waals surface area contributed by atoms with Crippen molar-refractivity contribution in [2.45, 2.75) is 12.6 Å². The molecule has 6 nitrogen and oxygen atoms in total. The highest BCUT2D eigenvalue weighted by Crippen LogP contribution is 2.19. The van der Waals surface area contributed by atoms with Crippen molar-refractivity contribution < 1.29 is 27.5 Å². The Bertz CT molecular complexity index is 821. The molecule has 2 rings (SSSR count). The standard InChI is InChI=1S/C17H14F3N3O3/c1-26-12-6-4-5-11(9-12)16(25)23-22-14(10-15(24)17(18,19)20)13-7-2-3-8-21-13/h2-9H,10H2,1H3,(H,23,25). The molecule has 1 N–H and O–H groups in total. The number of carbonyl (C=O) groups is 2. The van der Waals surface area contributed by atoms with E-state index in [4.69, 9.17) is 4.74 Å². The van der Waals surface area contributed by atoms with Gasteiger partial charge in [-0.25, -0.2) is 5.43 Å². The zero-order valence-electron chi connectivity index (χ0n) is 13.6. The molecule has 0 atom stereocenters. The van der Waals surface area contributed by atoms with Crippen LogP contribution in [0.2, 0.25) is 0 Å². The van der Waals surface area contributed by atoms with Crippen LogP contribution in [0.4, 0.5) is 13.2 Å². The number of rotatable bonds is 6. The van der Waals surface area contributed by atoms with Crippen LogP contribution in [0.3, 0.4) is 0 Å². The first-order chi connectivity index (χ1) is 12.3. The number of amides is 1. The number of aromatic nitrogens is 1. The summed E-state index contributed by atoms with van der Waals surface area (Å²) in [5.41, 5.74) is 2.08. The van der Waals surface area contributed by atoms with Crippen LogP contribution in [-0.4, -0.2) is 35.7 Å². The Hall–Kier alpha value is -3.23. The average Bonchev–Trinajstić information content (AvgIpc) is 2.64. The Balaban J connectivity index is 2.24. The normalized spacial score (nSPS) is 11.8. The van der Waals surface area contributed by atoms with E-state index in [1.54, 1.807) is 18.2 Å². The predicted molar refractivity (Wildman–Crippen MR) is 86.9 cm³/mol. The maximum Gasteiger partial charge on any atom is 0.450 e. The van der Waals surface area contributed by atoms with E-state index in [1.807, 2.05) is 0 Å². The van der Waals surface area contributed by atoms with E-state index in [-0.39, 0.29) is 17.0 Å². The number of ketones is 1. The van der Waals surface area contributed by atoms with Gasteiger partial charge in [-0.2, -0.15) is 18.3 Å². The van der Waals surface area contributed by atoms with Gasteiger partial charge in [0.25, 0.3) is 5.91 Å². The van der Waals surface area contributed by atoms with Gasteiger partial charge in [-0.15, -0.1) is 0 Å². The number of Topliss-reactive ketones (excluding diaryl/α,β-unsaturated/α-hetero) is 1. The third-order valence-electron chi connectivity index (χ3n) is 3.23. The molecule has 0 fully saturated rings. The summed E-state index contributed by atoms with van der Waals surface area (Å²) in [4.78, 5) is 27.3. The number of pyridine rings is 1. The number of nitrogens with one attached hydrogen (secondary N) is 1. The lowest BCUT2D eigenvalue weighted by Crippen LogP contribution is -2.28. The predicted octanol–water partition coefficient (Wildman–Crippen LogP) is 2.75. The van der Waals surface area contributed by atoms with E-state index in [9.17, 15) is 22.8 Å². The second-order valence-electron chi connectivity index (χ2n) is 5.04. The highest BCUT2D eigenvalue weighted by atomic mass is 19.4. The van der Waals surface area contributed by atoms with E-state index < -0.39 is 24.3 Å². The Kier molecular flexibility index (Phi) is 6.05. The number of halogens is 3. The second kappa shape index (κ2) is 8.24. The molecule has 0 aliphatic carbocycles. The summed E-state index contributed by atoms with van der Waals surface area (Å²) < 4.78 is 42.6. The fourth-order valence-corrected chi connectivity index (χ4v) is 1.92. The zero-order valence-corrected chi connectivity index (χ0v) is 13.6. The molecule has 0 spiro atoms. The van der Waals surface area contributed by atoms with Crippen LogP contribution in [0.25, 0.3) is 0 Å². The maximum absolute atomic E-state index is 12.5. The monoisotopic (exact) mass is 365 g/mol. The van der Waals surface area contributed by atoms with E-state index in [2.05, 4.69) is 15.5 Å². The lowest BCUT2D eigenvalue weighted by molar-refractivity contribution is -0.169. The third-order valence-corrected chi connectivity index (χ3v) is 3.23. The van der Waals surface area contributed by atoms with Crippen molar-refractivity contribution in [2.24, 2.45) is 5.10 Å². The molecule has 1 aromatic carbocycles. The zero-order chi connectivity index (χ0) is 19.2. The summed E-state index contributed by atoms with van der Waals surface area (Å²) in [6.45, 7) is 0. The molecule has 0 aliphatic rings. The summed E-state index contributed by atoms with van der Waals surface area (Å²) in [5, 5.41) is 3.67. The highest BCUT2D eigenvalue weighted by molar-refractivity contribution is 6.11. The summed E-state index contributed by atoms with van der Waals surface area (Å²) in [6, 6.07) is 10.6. The van der Waals surface area contributed by atoms with Gasteiger partial charge >= 0.3 is 6.18 Å². The van der Waals surface area contributed by atoms with Gasteiger partial charge in [0.05, 0.1) is 24.9 Å². The molecule has 2 aromatic rings. The van der Waals surface area contributed by atoms with Crippen molar-refractivity contribution in [1.29, 1.82) is 0 Å². The number of hydrazone groups is 1. The third kappa shape index (κ3) is 5.13. The number of carbonyl (C=O) groups excluding carboxylic acids is 2. The number of ether oxygens (including phenoxy) is 1. The summed E-state index contributed by atoms with van der Waals surface area (Å²) in [5.74, 6) is -2.23. The van der Waals surface area contributed by atoms with Crippen LogP contribution in [0.15, 0.2) is 53.8 Å². The minimum absolute atomic E-state index is 0.0519. The number of alkyl halides is 3. The smallest absolute Gasteiger partial charge is 0.450 e. The van der Waals surface area contributed by atoms with Gasteiger partial charge in [0, 0.05) is 11.8 Å². The van der Waals surface area contributed by atoms with Gasteiger partial charge in [0.2, 0.25) is 5.78 Å². The molecule has 0 bridgehead atoms. The lowest BCUT2D eigenvalue weighted by Gasteiger charge is -2.09. The number of nitrogens with zero attached hydrogens (tertiary/aromatic N) is 2.